The van der Waals surface area contributed by atoms with E-state index in [0.29, 0.717) is 0 Å². The first kappa shape index (κ1) is 15.4. The molecular formula is C15H12F5N. The van der Waals surface area contributed by atoms with Gasteiger partial charge in [-0.25, -0.2) is 22.0 Å². The standard InChI is InChI=1S/C15H12F5N/c1-7-4-5-8(21-6-7)15(2,3)9-10(16)12(18)14(20)13(19)11(9)17/h4-6H,1-3H3. The van der Waals surface area contributed by atoms with Crippen molar-refractivity contribution in [2.75, 3.05) is 0 Å². The molecule has 6 heteroatoms. The van der Waals surface area contributed by atoms with Crippen molar-refractivity contribution in [1.82, 2.24) is 4.98 Å². The fraction of sp³-hybridized carbons (Fsp3) is 0.267. The Labute approximate surface area is 118 Å². The van der Waals surface area contributed by atoms with Crippen LogP contribution in [0.25, 0.3) is 0 Å². The molecule has 0 saturated carbocycles. The fourth-order valence-electron chi connectivity index (χ4n) is 2.12. The maximum atomic E-state index is 13.9. The second kappa shape index (κ2) is 5.09. The molecule has 0 radical (unpaired) electrons. The average Bonchev–Trinajstić information content (AvgIpc) is 2.43. The molecule has 0 aliphatic rings. The Balaban J connectivity index is 2.73. The zero-order chi connectivity index (χ0) is 15.9. The molecule has 0 aliphatic heterocycles. The Morgan fingerprint density at radius 1 is 0.810 bits per heavy atom. The number of nitrogens with zero attached hydrogens (tertiary/aromatic N) is 1. The monoisotopic (exact) mass is 301 g/mol. The fourth-order valence-corrected chi connectivity index (χ4v) is 2.12. The smallest absolute Gasteiger partial charge is 0.200 e. The summed E-state index contributed by atoms with van der Waals surface area (Å²) >= 11 is 0. The summed E-state index contributed by atoms with van der Waals surface area (Å²) in [5.74, 6) is -9.74. The molecule has 0 fully saturated rings. The first-order chi connectivity index (χ1) is 9.67. The molecular weight excluding hydrogens is 289 g/mol. The molecule has 2 aromatic rings. The van der Waals surface area contributed by atoms with Crippen molar-refractivity contribution in [3.63, 3.8) is 0 Å². The molecule has 1 aromatic carbocycles. The third kappa shape index (κ3) is 2.39. The summed E-state index contributed by atoms with van der Waals surface area (Å²) < 4.78 is 67.6. The maximum Gasteiger partial charge on any atom is 0.200 e. The summed E-state index contributed by atoms with van der Waals surface area (Å²) in [7, 11) is 0. The highest BCUT2D eigenvalue weighted by Gasteiger charge is 2.36. The molecule has 0 N–H and O–H groups in total. The van der Waals surface area contributed by atoms with E-state index in [1.807, 2.05) is 0 Å². The van der Waals surface area contributed by atoms with E-state index in [1.165, 1.54) is 26.1 Å². The Morgan fingerprint density at radius 2 is 1.29 bits per heavy atom. The number of pyridine rings is 1. The zero-order valence-corrected chi connectivity index (χ0v) is 11.6. The van der Waals surface area contributed by atoms with Crippen molar-refractivity contribution in [2.24, 2.45) is 0 Å². The molecule has 1 nitrogen and oxygen atoms in total. The lowest BCUT2D eigenvalue weighted by molar-refractivity contribution is 0.356. The second-order valence-electron chi connectivity index (χ2n) is 5.29. The highest BCUT2D eigenvalue weighted by Crippen LogP contribution is 2.36. The summed E-state index contributed by atoms with van der Waals surface area (Å²) in [6.07, 6.45) is 1.46. The highest BCUT2D eigenvalue weighted by atomic mass is 19.2. The number of benzene rings is 1. The van der Waals surface area contributed by atoms with Crippen LogP contribution in [0.1, 0.15) is 30.7 Å². The molecule has 1 aromatic heterocycles. The van der Waals surface area contributed by atoms with Gasteiger partial charge in [-0.1, -0.05) is 6.07 Å². The Morgan fingerprint density at radius 3 is 1.71 bits per heavy atom. The minimum Gasteiger partial charge on any atom is -0.260 e. The Kier molecular flexibility index (Phi) is 3.74. The van der Waals surface area contributed by atoms with Gasteiger partial charge in [-0.2, -0.15) is 0 Å². The molecule has 0 aliphatic carbocycles. The van der Waals surface area contributed by atoms with Crippen molar-refractivity contribution >= 4 is 0 Å². The molecule has 2 rings (SSSR count). The Hall–Kier alpha value is -1.98. The highest BCUT2D eigenvalue weighted by molar-refractivity contribution is 5.37. The van der Waals surface area contributed by atoms with Gasteiger partial charge in [-0.05, 0) is 32.4 Å². The van der Waals surface area contributed by atoms with Crippen LogP contribution in [0.15, 0.2) is 18.3 Å². The van der Waals surface area contributed by atoms with Gasteiger partial charge in [0.25, 0.3) is 0 Å². The molecule has 0 spiro atoms. The summed E-state index contributed by atoms with van der Waals surface area (Å²) in [6, 6.07) is 3.14. The quantitative estimate of drug-likeness (QED) is 0.455. The first-order valence-electron chi connectivity index (χ1n) is 6.13. The molecule has 112 valence electrons. The molecule has 0 saturated heterocycles. The number of hydrogen-bond donors (Lipinski definition) is 0. The SMILES string of the molecule is Cc1ccc(C(C)(C)c2c(F)c(F)c(F)c(F)c2F)nc1. The van der Waals surface area contributed by atoms with E-state index in [4.69, 9.17) is 0 Å². The first-order valence-corrected chi connectivity index (χ1v) is 6.13. The molecule has 21 heavy (non-hydrogen) atoms. The molecule has 0 amide bonds. The van der Waals surface area contributed by atoms with Gasteiger partial charge in [0.1, 0.15) is 0 Å². The van der Waals surface area contributed by atoms with Crippen molar-refractivity contribution < 1.29 is 22.0 Å². The van der Waals surface area contributed by atoms with Crippen LogP contribution in [0.5, 0.6) is 0 Å². The van der Waals surface area contributed by atoms with Crippen LogP contribution in [0.3, 0.4) is 0 Å². The largest absolute Gasteiger partial charge is 0.260 e. The van der Waals surface area contributed by atoms with E-state index in [1.54, 1.807) is 13.0 Å². The van der Waals surface area contributed by atoms with E-state index < -0.39 is 40.1 Å². The van der Waals surface area contributed by atoms with Crippen molar-refractivity contribution in [1.29, 1.82) is 0 Å². The van der Waals surface area contributed by atoms with Crippen LogP contribution in [0, 0.1) is 36.0 Å². The summed E-state index contributed by atoms with van der Waals surface area (Å²) in [5.41, 5.74) is -1.35. The number of aryl methyl sites for hydroxylation is 1. The lowest BCUT2D eigenvalue weighted by Crippen LogP contribution is -2.26. The second-order valence-corrected chi connectivity index (χ2v) is 5.29. The van der Waals surface area contributed by atoms with Crippen LogP contribution in [0.4, 0.5) is 22.0 Å². The van der Waals surface area contributed by atoms with E-state index >= 15 is 0 Å². The minimum absolute atomic E-state index is 0.205. The molecule has 1 heterocycles. The minimum atomic E-state index is -2.17. The molecule has 0 bridgehead atoms. The van der Waals surface area contributed by atoms with Crippen molar-refractivity contribution in [2.45, 2.75) is 26.2 Å². The lowest BCUT2D eigenvalue weighted by atomic mass is 9.80. The van der Waals surface area contributed by atoms with E-state index in [2.05, 4.69) is 4.98 Å². The van der Waals surface area contributed by atoms with Gasteiger partial charge in [0.2, 0.25) is 5.82 Å². The van der Waals surface area contributed by atoms with Crippen LogP contribution in [0.2, 0.25) is 0 Å². The van der Waals surface area contributed by atoms with Crippen molar-refractivity contribution in [3.8, 4) is 0 Å². The molecule has 0 atom stereocenters. The topological polar surface area (TPSA) is 12.9 Å². The van der Waals surface area contributed by atoms with E-state index in [-0.39, 0.29) is 5.69 Å². The van der Waals surface area contributed by atoms with Crippen LogP contribution < -0.4 is 0 Å². The predicted molar refractivity (Wildman–Crippen MR) is 67.3 cm³/mol. The van der Waals surface area contributed by atoms with Crippen LogP contribution in [-0.2, 0) is 5.41 Å². The number of halogens is 5. The van der Waals surface area contributed by atoms with E-state index in [0.717, 1.165) is 5.56 Å². The van der Waals surface area contributed by atoms with Gasteiger partial charge >= 0.3 is 0 Å². The Bertz CT molecular complexity index is 663. The number of aromatic nitrogens is 1. The predicted octanol–water partition coefficient (Wildman–Crippen LogP) is 4.41. The van der Waals surface area contributed by atoms with Crippen LogP contribution >= 0.6 is 0 Å². The maximum absolute atomic E-state index is 13.9. The van der Waals surface area contributed by atoms with Gasteiger partial charge in [0, 0.05) is 17.2 Å². The molecule has 0 unspecified atom stereocenters. The third-order valence-corrected chi connectivity index (χ3v) is 3.39. The normalized spacial score (nSPS) is 11.8. The summed E-state index contributed by atoms with van der Waals surface area (Å²) in [6.45, 7) is 4.47. The third-order valence-electron chi connectivity index (χ3n) is 3.39. The number of hydrogen-bond acceptors (Lipinski definition) is 1. The van der Waals surface area contributed by atoms with Crippen molar-refractivity contribution in [3.05, 3.63) is 64.2 Å². The van der Waals surface area contributed by atoms with E-state index in [9.17, 15) is 22.0 Å². The van der Waals surface area contributed by atoms with Gasteiger partial charge < -0.3 is 0 Å². The number of rotatable bonds is 2. The zero-order valence-electron chi connectivity index (χ0n) is 11.6. The summed E-state index contributed by atoms with van der Waals surface area (Å²) in [5, 5.41) is 0. The van der Waals surface area contributed by atoms with Crippen LogP contribution in [-0.4, -0.2) is 4.98 Å². The van der Waals surface area contributed by atoms with Gasteiger partial charge in [-0.15, -0.1) is 0 Å². The van der Waals surface area contributed by atoms with Gasteiger partial charge in [0.15, 0.2) is 23.3 Å². The average molecular weight is 301 g/mol. The van der Waals surface area contributed by atoms with Gasteiger partial charge in [-0.3, -0.25) is 4.98 Å². The van der Waals surface area contributed by atoms with Gasteiger partial charge in [0.05, 0.1) is 5.69 Å². The lowest BCUT2D eigenvalue weighted by Gasteiger charge is -2.26. The summed E-state index contributed by atoms with van der Waals surface area (Å²) in [4.78, 5) is 4.02.